The highest BCUT2D eigenvalue weighted by molar-refractivity contribution is 6.29. The quantitative estimate of drug-likeness (QED) is 0.680. The molecule has 0 N–H and O–H groups in total. The molecule has 0 saturated carbocycles. The SMILES string of the molecule is CC(=O)Oc1c(-c2ccccc2)nc2ccc(Cl)nn12. The molecule has 3 aromatic rings. The minimum absolute atomic E-state index is 0.265. The molecule has 0 atom stereocenters. The molecule has 0 aliphatic heterocycles. The third kappa shape index (κ3) is 2.23. The summed E-state index contributed by atoms with van der Waals surface area (Å²) in [5, 5.41) is 4.41. The maximum atomic E-state index is 11.3. The van der Waals surface area contributed by atoms with Crippen LogP contribution in [0.2, 0.25) is 5.15 Å². The summed E-state index contributed by atoms with van der Waals surface area (Å²) < 4.78 is 6.67. The number of hydrogen-bond acceptors (Lipinski definition) is 4. The molecule has 0 fully saturated rings. The monoisotopic (exact) mass is 287 g/mol. The summed E-state index contributed by atoms with van der Waals surface area (Å²) in [5.74, 6) is -0.174. The van der Waals surface area contributed by atoms with E-state index in [2.05, 4.69) is 10.1 Å². The van der Waals surface area contributed by atoms with Crippen LogP contribution in [0.3, 0.4) is 0 Å². The molecule has 5 nitrogen and oxygen atoms in total. The van der Waals surface area contributed by atoms with E-state index in [-0.39, 0.29) is 5.88 Å². The van der Waals surface area contributed by atoms with E-state index in [1.807, 2.05) is 30.3 Å². The summed E-state index contributed by atoms with van der Waals surface area (Å²) in [7, 11) is 0. The van der Waals surface area contributed by atoms with E-state index in [9.17, 15) is 4.79 Å². The first kappa shape index (κ1) is 12.6. The Kier molecular flexibility index (Phi) is 3.12. The Bertz CT molecular complexity index is 784. The number of esters is 1. The van der Waals surface area contributed by atoms with Crippen LogP contribution in [0.4, 0.5) is 0 Å². The number of carbonyl (C=O) groups is 1. The van der Waals surface area contributed by atoms with Crippen LogP contribution in [0.25, 0.3) is 16.9 Å². The van der Waals surface area contributed by atoms with Crippen molar-refractivity contribution in [3.63, 3.8) is 0 Å². The summed E-state index contributed by atoms with van der Waals surface area (Å²) >= 11 is 5.88. The Balaban J connectivity index is 2.28. The van der Waals surface area contributed by atoms with Crippen LogP contribution in [0, 0.1) is 0 Å². The van der Waals surface area contributed by atoms with Crippen molar-refractivity contribution in [2.75, 3.05) is 0 Å². The number of aromatic nitrogens is 3. The van der Waals surface area contributed by atoms with E-state index in [1.165, 1.54) is 11.4 Å². The predicted molar refractivity (Wildman–Crippen MR) is 74.7 cm³/mol. The Morgan fingerprint density at radius 2 is 1.95 bits per heavy atom. The molecule has 1 aromatic carbocycles. The van der Waals surface area contributed by atoms with Crippen LogP contribution in [-0.4, -0.2) is 20.6 Å². The van der Waals surface area contributed by atoms with Crippen LogP contribution in [0.1, 0.15) is 6.92 Å². The molecule has 0 amide bonds. The molecule has 0 aliphatic rings. The normalized spacial score (nSPS) is 10.7. The van der Waals surface area contributed by atoms with Gasteiger partial charge in [-0.05, 0) is 12.1 Å². The third-order valence-electron chi connectivity index (χ3n) is 2.69. The highest BCUT2D eigenvalue weighted by Gasteiger charge is 2.18. The fourth-order valence-electron chi connectivity index (χ4n) is 1.90. The summed E-state index contributed by atoms with van der Waals surface area (Å²) in [6, 6.07) is 12.8. The lowest BCUT2D eigenvalue weighted by Crippen LogP contribution is -2.06. The molecule has 0 spiro atoms. The topological polar surface area (TPSA) is 56.5 Å². The molecule has 0 bridgehead atoms. The van der Waals surface area contributed by atoms with Gasteiger partial charge in [-0.15, -0.1) is 0 Å². The van der Waals surface area contributed by atoms with Crippen molar-refractivity contribution in [1.82, 2.24) is 14.6 Å². The maximum Gasteiger partial charge on any atom is 0.309 e. The lowest BCUT2D eigenvalue weighted by Gasteiger charge is -2.03. The number of rotatable bonds is 2. The maximum absolute atomic E-state index is 11.3. The average molecular weight is 288 g/mol. The molecule has 2 aromatic heterocycles. The van der Waals surface area contributed by atoms with E-state index in [0.29, 0.717) is 16.5 Å². The minimum Gasteiger partial charge on any atom is -0.405 e. The second kappa shape index (κ2) is 4.94. The Labute approximate surface area is 119 Å². The molecule has 100 valence electrons. The van der Waals surface area contributed by atoms with Gasteiger partial charge in [-0.25, -0.2) is 4.98 Å². The average Bonchev–Trinajstić information content (AvgIpc) is 2.77. The number of imidazole rings is 1. The Morgan fingerprint density at radius 1 is 1.20 bits per heavy atom. The van der Waals surface area contributed by atoms with E-state index in [0.717, 1.165) is 5.56 Å². The zero-order chi connectivity index (χ0) is 14.1. The van der Waals surface area contributed by atoms with Crippen LogP contribution in [0.5, 0.6) is 5.88 Å². The van der Waals surface area contributed by atoms with Gasteiger partial charge in [0.1, 0.15) is 10.8 Å². The molecule has 0 saturated heterocycles. The smallest absolute Gasteiger partial charge is 0.309 e. The number of benzene rings is 1. The first-order chi connectivity index (χ1) is 9.65. The lowest BCUT2D eigenvalue weighted by molar-refractivity contribution is -0.132. The van der Waals surface area contributed by atoms with Gasteiger partial charge in [0.2, 0.25) is 0 Å². The number of hydrogen-bond donors (Lipinski definition) is 0. The summed E-state index contributed by atoms with van der Waals surface area (Å²) in [6.07, 6.45) is 0. The highest BCUT2D eigenvalue weighted by Crippen LogP contribution is 2.30. The van der Waals surface area contributed by atoms with E-state index in [1.54, 1.807) is 12.1 Å². The second-order valence-electron chi connectivity index (χ2n) is 4.15. The number of halogens is 1. The van der Waals surface area contributed by atoms with Crippen molar-refractivity contribution < 1.29 is 9.53 Å². The molecule has 0 unspecified atom stereocenters. The lowest BCUT2D eigenvalue weighted by atomic mass is 10.2. The number of nitrogens with zero attached hydrogens (tertiary/aromatic N) is 3. The van der Waals surface area contributed by atoms with Crippen LogP contribution in [0.15, 0.2) is 42.5 Å². The Hall–Kier alpha value is -2.40. The van der Waals surface area contributed by atoms with Gasteiger partial charge >= 0.3 is 5.97 Å². The molecule has 6 heteroatoms. The first-order valence-electron chi connectivity index (χ1n) is 5.94. The van der Waals surface area contributed by atoms with Gasteiger partial charge in [0, 0.05) is 12.5 Å². The van der Waals surface area contributed by atoms with E-state index in [4.69, 9.17) is 16.3 Å². The molecule has 20 heavy (non-hydrogen) atoms. The van der Waals surface area contributed by atoms with Gasteiger partial charge in [-0.1, -0.05) is 41.9 Å². The predicted octanol–water partition coefficient (Wildman–Crippen LogP) is 2.98. The van der Waals surface area contributed by atoms with Crippen molar-refractivity contribution in [2.24, 2.45) is 0 Å². The van der Waals surface area contributed by atoms with Crippen molar-refractivity contribution in [3.05, 3.63) is 47.6 Å². The molecule has 3 rings (SSSR count). The fourth-order valence-corrected chi connectivity index (χ4v) is 2.04. The van der Waals surface area contributed by atoms with Crippen LogP contribution >= 0.6 is 11.6 Å². The van der Waals surface area contributed by atoms with Gasteiger partial charge in [0.05, 0.1) is 0 Å². The van der Waals surface area contributed by atoms with Crippen molar-refractivity contribution in [3.8, 4) is 17.1 Å². The molecule has 2 heterocycles. The molecular formula is C14H10ClN3O2. The zero-order valence-electron chi connectivity index (χ0n) is 10.6. The highest BCUT2D eigenvalue weighted by atomic mass is 35.5. The molecular weight excluding hydrogens is 278 g/mol. The number of fused-ring (bicyclic) bond motifs is 1. The van der Waals surface area contributed by atoms with E-state index >= 15 is 0 Å². The van der Waals surface area contributed by atoms with Gasteiger partial charge in [0.15, 0.2) is 5.65 Å². The summed E-state index contributed by atoms with van der Waals surface area (Å²) in [4.78, 5) is 15.7. The van der Waals surface area contributed by atoms with Gasteiger partial charge in [-0.2, -0.15) is 9.61 Å². The summed E-state index contributed by atoms with van der Waals surface area (Å²) in [6.45, 7) is 1.33. The van der Waals surface area contributed by atoms with Gasteiger partial charge < -0.3 is 4.74 Å². The molecule has 0 radical (unpaired) electrons. The van der Waals surface area contributed by atoms with Crippen LogP contribution < -0.4 is 4.74 Å². The van der Waals surface area contributed by atoms with Crippen molar-refractivity contribution >= 4 is 23.2 Å². The number of carbonyl (C=O) groups excluding carboxylic acids is 1. The largest absolute Gasteiger partial charge is 0.405 e. The fraction of sp³-hybridized carbons (Fsp3) is 0.0714. The Morgan fingerprint density at radius 3 is 2.65 bits per heavy atom. The summed E-state index contributed by atoms with van der Waals surface area (Å²) in [5.41, 5.74) is 1.95. The number of ether oxygens (including phenoxy) is 1. The van der Waals surface area contributed by atoms with Crippen LogP contribution in [-0.2, 0) is 4.79 Å². The van der Waals surface area contributed by atoms with Gasteiger partial charge in [-0.3, -0.25) is 4.79 Å². The second-order valence-corrected chi connectivity index (χ2v) is 4.54. The first-order valence-corrected chi connectivity index (χ1v) is 6.32. The minimum atomic E-state index is -0.439. The third-order valence-corrected chi connectivity index (χ3v) is 2.89. The van der Waals surface area contributed by atoms with Gasteiger partial charge in [0.25, 0.3) is 5.88 Å². The molecule has 0 aliphatic carbocycles. The van der Waals surface area contributed by atoms with Crippen molar-refractivity contribution in [2.45, 2.75) is 6.92 Å². The van der Waals surface area contributed by atoms with E-state index < -0.39 is 5.97 Å². The zero-order valence-corrected chi connectivity index (χ0v) is 11.3. The standard InChI is InChI=1S/C14H10ClN3O2/c1-9(19)20-14-13(10-5-3-2-4-6-10)16-12-8-7-11(15)17-18(12)14/h2-8H,1H3. The van der Waals surface area contributed by atoms with Crippen molar-refractivity contribution in [1.29, 1.82) is 0 Å².